The molecule has 142 valence electrons. The van der Waals surface area contributed by atoms with E-state index in [-0.39, 0.29) is 12.5 Å². The molecule has 1 saturated heterocycles. The van der Waals surface area contributed by atoms with Gasteiger partial charge in [0.1, 0.15) is 6.54 Å². The molecule has 26 heavy (non-hydrogen) atoms. The van der Waals surface area contributed by atoms with Gasteiger partial charge in [-0.25, -0.2) is 4.99 Å². The molecule has 2 N–H and O–H groups in total. The van der Waals surface area contributed by atoms with Crippen molar-refractivity contribution in [2.75, 3.05) is 26.2 Å². The third-order valence-electron chi connectivity index (χ3n) is 5.48. The Morgan fingerprint density at radius 1 is 1.23 bits per heavy atom. The van der Waals surface area contributed by atoms with Crippen molar-refractivity contribution in [3.63, 3.8) is 0 Å². The van der Waals surface area contributed by atoms with E-state index in [1.165, 1.54) is 12.0 Å². The van der Waals surface area contributed by atoms with E-state index < -0.39 is 0 Å². The van der Waals surface area contributed by atoms with Gasteiger partial charge in [-0.05, 0) is 50.0 Å². The van der Waals surface area contributed by atoms with E-state index in [1.54, 1.807) is 0 Å². The Hall–Kier alpha value is -2.04. The summed E-state index contributed by atoms with van der Waals surface area (Å²) in [6, 6.07) is 11.2. The fraction of sp³-hybridized carbons (Fsp3) is 0.619. The molecule has 1 aromatic rings. The van der Waals surface area contributed by atoms with E-state index in [1.807, 2.05) is 11.8 Å². The van der Waals surface area contributed by atoms with Crippen molar-refractivity contribution in [1.29, 1.82) is 0 Å². The molecule has 2 aliphatic rings. The summed E-state index contributed by atoms with van der Waals surface area (Å²) in [5.74, 6) is 2.30. The van der Waals surface area contributed by atoms with Crippen molar-refractivity contribution in [1.82, 2.24) is 15.5 Å². The summed E-state index contributed by atoms with van der Waals surface area (Å²) in [5, 5.41) is 6.64. The molecule has 5 heteroatoms. The molecule has 5 nitrogen and oxygen atoms in total. The number of guanidine groups is 1. The van der Waals surface area contributed by atoms with Gasteiger partial charge < -0.3 is 15.5 Å². The molecule has 1 aromatic carbocycles. The predicted octanol–water partition coefficient (Wildman–Crippen LogP) is 2.43. The van der Waals surface area contributed by atoms with Crippen LogP contribution in [-0.2, 0) is 11.2 Å². The Morgan fingerprint density at radius 3 is 2.54 bits per heavy atom. The van der Waals surface area contributed by atoms with Gasteiger partial charge in [0.2, 0.25) is 5.91 Å². The number of hydrogen-bond donors (Lipinski definition) is 2. The highest BCUT2D eigenvalue weighted by Crippen LogP contribution is 2.28. The van der Waals surface area contributed by atoms with Gasteiger partial charge in [-0.15, -0.1) is 0 Å². The van der Waals surface area contributed by atoms with E-state index in [0.717, 1.165) is 44.9 Å². The summed E-state index contributed by atoms with van der Waals surface area (Å²) in [7, 11) is 0. The van der Waals surface area contributed by atoms with Crippen LogP contribution in [0, 0.1) is 11.8 Å². The van der Waals surface area contributed by atoms with Crippen molar-refractivity contribution < 1.29 is 4.79 Å². The molecule has 3 rings (SSSR count). The Kier molecular flexibility index (Phi) is 6.53. The lowest BCUT2D eigenvalue weighted by Crippen LogP contribution is -2.42. The maximum Gasteiger partial charge on any atom is 0.244 e. The fourth-order valence-electron chi connectivity index (χ4n) is 3.60. The topological polar surface area (TPSA) is 56.7 Å². The Bertz CT molecular complexity index is 608. The van der Waals surface area contributed by atoms with Gasteiger partial charge >= 0.3 is 0 Å². The molecule has 1 aliphatic carbocycles. The minimum absolute atomic E-state index is 0.143. The number of nitrogens with zero attached hydrogens (tertiary/aromatic N) is 2. The van der Waals surface area contributed by atoms with Crippen LogP contribution in [0.25, 0.3) is 0 Å². The number of carbonyl (C=O) groups excluding carboxylic acids is 1. The van der Waals surface area contributed by atoms with Gasteiger partial charge in [0.25, 0.3) is 0 Å². The summed E-state index contributed by atoms with van der Waals surface area (Å²) < 4.78 is 0. The molecule has 1 amide bonds. The number of carbonyl (C=O) groups is 1. The molecule has 1 saturated carbocycles. The van der Waals surface area contributed by atoms with E-state index in [2.05, 4.69) is 52.9 Å². The van der Waals surface area contributed by atoms with Crippen LogP contribution in [0.4, 0.5) is 0 Å². The van der Waals surface area contributed by atoms with Crippen LogP contribution in [0.5, 0.6) is 0 Å². The number of rotatable bonds is 6. The van der Waals surface area contributed by atoms with Crippen LogP contribution < -0.4 is 10.6 Å². The van der Waals surface area contributed by atoms with E-state index >= 15 is 0 Å². The summed E-state index contributed by atoms with van der Waals surface area (Å²) in [6.45, 7) is 7.04. The Labute approximate surface area is 157 Å². The average Bonchev–Trinajstić information content (AvgIpc) is 3.35. The number of nitrogens with one attached hydrogen (secondary N) is 2. The van der Waals surface area contributed by atoms with E-state index in [4.69, 9.17) is 0 Å². The molecular formula is C21H32N4O. The smallest absolute Gasteiger partial charge is 0.244 e. The monoisotopic (exact) mass is 356 g/mol. The van der Waals surface area contributed by atoms with Crippen molar-refractivity contribution >= 4 is 11.9 Å². The van der Waals surface area contributed by atoms with Crippen LogP contribution in [0.2, 0.25) is 0 Å². The van der Waals surface area contributed by atoms with Crippen LogP contribution >= 0.6 is 0 Å². The lowest BCUT2D eigenvalue weighted by atomic mass is 9.90. The number of hydrogen-bond acceptors (Lipinski definition) is 2. The second-order valence-corrected chi connectivity index (χ2v) is 7.67. The first kappa shape index (κ1) is 18.7. The summed E-state index contributed by atoms with van der Waals surface area (Å²) in [5.41, 5.74) is 1.40. The van der Waals surface area contributed by atoms with E-state index in [9.17, 15) is 4.79 Å². The maximum absolute atomic E-state index is 12.5. The average molecular weight is 357 g/mol. The van der Waals surface area contributed by atoms with Crippen molar-refractivity contribution in [2.24, 2.45) is 16.8 Å². The molecule has 0 bridgehead atoms. The molecule has 2 unspecified atom stereocenters. The van der Waals surface area contributed by atoms with Crippen molar-refractivity contribution in [3.05, 3.63) is 35.9 Å². The first-order valence-corrected chi connectivity index (χ1v) is 10.0. The van der Waals surface area contributed by atoms with Gasteiger partial charge in [0.15, 0.2) is 5.96 Å². The number of piperidine rings is 1. The standard InChI is InChI=1S/C21H32N4O/c1-3-22-21(24-19-13-16(19)2)23-15-20(26)25-11-9-18(10-12-25)14-17-7-5-4-6-8-17/h4-8,16,18-19H,3,9-15H2,1-2H3,(H2,22,23,24). The Balaban J connectivity index is 1.43. The third-order valence-corrected chi connectivity index (χ3v) is 5.48. The molecule has 2 atom stereocenters. The van der Waals surface area contributed by atoms with Crippen LogP contribution in [0.15, 0.2) is 35.3 Å². The highest BCUT2D eigenvalue weighted by atomic mass is 16.2. The highest BCUT2D eigenvalue weighted by molar-refractivity contribution is 5.85. The SMILES string of the molecule is CCNC(=NCC(=O)N1CCC(Cc2ccccc2)CC1)NC1CC1C. The Morgan fingerprint density at radius 2 is 1.92 bits per heavy atom. The fourth-order valence-corrected chi connectivity index (χ4v) is 3.60. The zero-order chi connectivity index (χ0) is 18.4. The number of likely N-dealkylation sites (tertiary alicyclic amines) is 1. The number of benzene rings is 1. The molecular weight excluding hydrogens is 324 g/mol. The molecule has 0 aromatic heterocycles. The van der Waals surface area contributed by atoms with Gasteiger partial charge in [-0.1, -0.05) is 37.3 Å². The first-order chi connectivity index (χ1) is 12.7. The van der Waals surface area contributed by atoms with Gasteiger partial charge in [0.05, 0.1) is 0 Å². The summed E-state index contributed by atoms with van der Waals surface area (Å²) >= 11 is 0. The zero-order valence-corrected chi connectivity index (χ0v) is 16.1. The molecule has 1 heterocycles. The number of aliphatic imine (C=N–C) groups is 1. The second kappa shape index (κ2) is 9.06. The lowest BCUT2D eigenvalue weighted by molar-refractivity contribution is -0.130. The predicted molar refractivity (Wildman–Crippen MR) is 106 cm³/mol. The largest absolute Gasteiger partial charge is 0.357 e. The third kappa shape index (κ3) is 5.48. The first-order valence-electron chi connectivity index (χ1n) is 10.0. The minimum Gasteiger partial charge on any atom is -0.357 e. The van der Waals surface area contributed by atoms with Crippen molar-refractivity contribution in [3.8, 4) is 0 Å². The normalized spacial score (nSPS) is 23.6. The molecule has 1 aliphatic heterocycles. The van der Waals surface area contributed by atoms with Crippen LogP contribution in [0.3, 0.4) is 0 Å². The molecule has 0 radical (unpaired) electrons. The quantitative estimate of drug-likeness (QED) is 0.608. The molecule has 0 spiro atoms. The maximum atomic E-state index is 12.5. The molecule has 2 fully saturated rings. The number of amides is 1. The zero-order valence-electron chi connectivity index (χ0n) is 16.1. The van der Waals surface area contributed by atoms with Gasteiger partial charge in [0, 0.05) is 25.7 Å². The van der Waals surface area contributed by atoms with Crippen LogP contribution in [-0.4, -0.2) is 49.0 Å². The summed E-state index contributed by atoms with van der Waals surface area (Å²) in [6.07, 6.45) is 4.48. The van der Waals surface area contributed by atoms with Crippen molar-refractivity contribution in [2.45, 2.75) is 45.6 Å². The second-order valence-electron chi connectivity index (χ2n) is 7.67. The van der Waals surface area contributed by atoms with Gasteiger partial charge in [-0.3, -0.25) is 4.79 Å². The highest BCUT2D eigenvalue weighted by Gasteiger charge is 2.33. The van der Waals surface area contributed by atoms with Gasteiger partial charge in [-0.2, -0.15) is 0 Å². The lowest BCUT2D eigenvalue weighted by Gasteiger charge is -2.32. The minimum atomic E-state index is 0.143. The van der Waals surface area contributed by atoms with Crippen LogP contribution in [0.1, 0.15) is 38.7 Å². The van der Waals surface area contributed by atoms with E-state index in [0.29, 0.717) is 17.9 Å². The summed E-state index contributed by atoms with van der Waals surface area (Å²) in [4.78, 5) is 19.0.